The van der Waals surface area contributed by atoms with E-state index in [-0.39, 0.29) is 17.9 Å². The molecule has 0 spiro atoms. The summed E-state index contributed by atoms with van der Waals surface area (Å²) in [4.78, 5) is 17.3. The van der Waals surface area contributed by atoms with Crippen LogP contribution in [0.2, 0.25) is 0 Å². The number of aromatic nitrogens is 2. The molecule has 0 saturated carbocycles. The number of aryl methyl sites for hydroxylation is 1. The third kappa shape index (κ3) is 2.89. The van der Waals surface area contributed by atoms with Gasteiger partial charge in [-0.15, -0.1) is 0 Å². The second-order valence-corrected chi connectivity index (χ2v) is 6.75. The summed E-state index contributed by atoms with van der Waals surface area (Å²) in [6, 6.07) is 2.07. The molecule has 0 aliphatic carbocycles. The van der Waals surface area contributed by atoms with Crippen LogP contribution in [-0.4, -0.2) is 48.3 Å². The normalized spacial score (nSPS) is 22.1. The molecule has 2 aliphatic rings. The van der Waals surface area contributed by atoms with Gasteiger partial charge in [0.25, 0.3) is 11.6 Å². The lowest BCUT2D eigenvalue weighted by Gasteiger charge is -2.23. The standard InChI is InChI=1S/C17H23N5O2/c1-10-8-13(16(23)21-12-3-6-18-7-4-12)14-15(11-2-5-19-9-11)22-24-17(14)20-10/h8,11-12,18-19H,2-7,9H2,1H3,(H,21,23). The minimum absolute atomic E-state index is 0.0483. The monoisotopic (exact) mass is 329 g/mol. The highest BCUT2D eigenvalue weighted by Gasteiger charge is 2.28. The molecule has 0 aromatic carbocycles. The van der Waals surface area contributed by atoms with Crippen molar-refractivity contribution in [3.63, 3.8) is 0 Å². The number of carbonyl (C=O) groups excluding carboxylic acids is 1. The molecule has 2 aromatic heterocycles. The van der Waals surface area contributed by atoms with Crippen LogP contribution in [0.25, 0.3) is 11.1 Å². The molecule has 2 aliphatic heterocycles. The molecule has 0 radical (unpaired) electrons. The molecule has 1 atom stereocenters. The predicted octanol–water partition coefficient (Wildman–Crippen LogP) is 1.09. The molecule has 24 heavy (non-hydrogen) atoms. The first kappa shape index (κ1) is 15.5. The number of hydrogen-bond acceptors (Lipinski definition) is 6. The van der Waals surface area contributed by atoms with Gasteiger partial charge in [0.2, 0.25) is 0 Å². The molecule has 128 valence electrons. The maximum absolute atomic E-state index is 12.9. The zero-order valence-electron chi connectivity index (χ0n) is 13.9. The van der Waals surface area contributed by atoms with Gasteiger partial charge in [-0.25, -0.2) is 4.98 Å². The van der Waals surface area contributed by atoms with Gasteiger partial charge in [-0.05, 0) is 51.9 Å². The molecule has 3 N–H and O–H groups in total. The van der Waals surface area contributed by atoms with Crippen LogP contribution in [0.5, 0.6) is 0 Å². The lowest BCUT2D eigenvalue weighted by molar-refractivity contribution is 0.0931. The van der Waals surface area contributed by atoms with Crippen molar-refractivity contribution in [3.8, 4) is 0 Å². The van der Waals surface area contributed by atoms with Crippen LogP contribution in [0, 0.1) is 6.92 Å². The summed E-state index contributed by atoms with van der Waals surface area (Å²) in [5.74, 6) is 0.231. The first-order valence-corrected chi connectivity index (χ1v) is 8.71. The molecular weight excluding hydrogens is 306 g/mol. The summed E-state index contributed by atoms with van der Waals surface area (Å²) in [5.41, 5.74) is 2.73. The van der Waals surface area contributed by atoms with Crippen molar-refractivity contribution in [2.75, 3.05) is 26.2 Å². The van der Waals surface area contributed by atoms with Gasteiger partial charge in [-0.2, -0.15) is 0 Å². The summed E-state index contributed by atoms with van der Waals surface area (Å²) in [6.45, 7) is 5.60. The molecule has 2 fully saturated rings. The number of rotatable bonds is 3. The van der Waals surface area contributed by atoms with Gasteiger partial charge in [0.15, 0.2) is 0 Å². The number of carbonyl (C=O) groups is 1. The second kappa shape index (κ2) is 6.49. The van der Waals surface area contributed by atoms with Crippen molar-refractivity contribution in [1.29, 1.82) is 0 Å². The van der Waals surface area contributed by atoms with Crippen LogP contribution >= 0.6 is 0 Å². The Bertz CT molecular complexity index is 745. The van der Waals surface area contributed by atoms with E-state index in [0.29, 0.717) is 11.3 Å². The van der Waals surface area contributed by atoms with Crippen LogP contribution in [0.15, 0.2) is 10.6 Å². The molecule has 2 aromatic rings. The van der Waals surface area contributed by atoms with E-state index in [9.17, 15) is 4.79 Å². The molecule has 7 nitrogen and oxygen atoms in total. The van der Waals surface area contributed by atoms with E-state index in [2.05, 4.69) is 26.1 Å². The number of nitrogens with one attached hydrogen (secondary N) is 3. The van der Waals surface area contributed by atoms with Crippen molar-refractivity contribution in [1.82, 2.24) is 26.1 Å². The first-order chi connectivity index (χ1) is 11.7. The van der Waals surface area contributed by atoms with Crippen molar-refractivity contribution < 1.29 is 9.32 Å². The zero-order chi connectivity index (χ0) is 16.5. The van der Waals surface area contributed by atoms with Gasteiger partial charge in [0.05, 0.1) is 16.6 Å². The molecule has 1 unspecified atom stereocenters. The van der Waals surface area contributed by atoms with Gasteiger partial charge >= 0.3 is 0 Å². The van der Waals surface area contributed by atoms with Crippen molar-refractivity contribution in [2.45, 2.75) is 38.1 Å². The SMILES string of the molecule is Cc1cc(C(=O)NC2CCNCC2)c2c(C3CCNC3)noc2n1. The molecule has 4 rings (SSSR count). The number of fused-ring (bicyclic) bond motifs is 1. The minimum atomic E-state index is -0.0483. The summed E-state index contributed by atoms with van der Waals surface area (Å²) in [6.07, 6.45) is 2.93. The largest absolute Gasteiger partial charge is 0.349 e. The summed E-state index contributed by atoms with van der Waals surface area (Å²) in [5, 5.41) is 14.8. The maximum atomic E-state index is 12.9. The Morgan fingerprint density at radius 1 is 1.25 bits per heavy atom. The molecule has 4 heterocycles. The first-order valence-electron chi connectivity index (χ1n) is 8.71. The maximum Gasteiger partial charge on any atom is 0.259 e. The fourth-order valence-corrected chi connectivity index (χ4v) is 3.67. The number of pyridine rings is 1. The van der Waals surface area contributed by atoms with Crippen LogP contribution in [-0.2, 0) is 0 Å². The van der Waals surface area contributed by atoms with Crippen LogP contribution in [0.4, 0.5) is 0 Å². The van der Waals surface area contributed by atoms with Gasteiger partial charge in [-0.1, -0.05) is 5.16 Å². The average molecular weight is 329 g/mol. The Labute approximate surface area is 140 Å². The number of nitrogens with zero attached hydrogens (tertiary/aromatic N) is 2. The van der Waals surface area contributed by atoms with Gasteiger partial charge < -0.3 is 20.5 Å². The number of amides is 1. The quantitative estimate of drug-likeness (QED) is 0.781. The Morgan fingerprint density at radius 3 is 2.79 bits per heavy atom. The molecule has 1 amide bonds. The van der Waals surface area contributed by atoms with E-state index in [0.717, 1.165) is 62.2 Å². The van der Waals surface area contributed by atoms with E-state index in [1.54, 1.807) is 0 Å². The van der Waals surface area contributed by atoms with Crippen LogP contribution < -0.4 is 16.0 Å². The summed E-state index contributed by atoms with van der Waals surface area (Å²) >= 11 is 0. The highest BCUT2D eigenvalue weighted by molar-refractivity contribution is 6.06. The number of piperidine rings is 1. The van der Waals surface area contributed by atoms with Gasteiger partial charge in [0.1, 0.15) is 0 Å². The Morgan fingerprint density at radius 2 is 2.04 bits per heavy atom. The number of hydrogen-bond donors (Lipinski definition) is 3. The van der Waals surface area contributed by atoms with E-state index >= 15 is 0 Å². The third-order valence-corrected chi connectivity index (χ3v) is 4.97. The topological polar surface area (TPSA) is 92.1 Å². The van der Waals surface area contributed by atoms with Crippen LogP contribution in [0.3, 0.4) is 0 Å². The second-order valence-electron chi connectivity index (χ2n) is 6.75. The molecular formula is C17H23N5O2. The fraction of sp³-hybridized carbons (Fsp3) is 0.588. The van der Waals surface area contributed by atoms with E-state index in [4.69, 9.17) is 4.52 Å². The van der Waals surface area contributed by atoms with Gasteiger partial charge in [0, 0.05) is 24.2 Å². The van der Waals surface area contributed by atoms with Crippen molar-refractivity contribution >= 4 is 17.0 Å². The zero-order valence-corrected chi connectivity index (χ0v) is 13.9. The summed E-state index contributed by atoms with van der Waals surface area (Å²) in [7, 11) is 0. The van der Waals surface area contributed by atoms with Crippen molar-refractivity contribution in [2.24, 2.45) is 0 Å². The Hall–Kier alpha value is -1.99. The average Bonchev–Trinajstić information content (AvgIpc) is 3.23. The highest BCUT2D eigenvalue weighted by Crippen LogP contribution is 2.31. The van der Waals surface area contributed by atoms with E-state index in [1.807, 2.05) is 13.0 Å². The minimum Gasteiger partial charge on any atom is -0.349 e. The third-order valence-electron chi connectivity index (χ3n) is 4.97. The smallest absolute Gasteiger partial charge is 0.259 e. The Balaban J connectivity index is 1.69. The van der Waals surface area contributed by atoms with Gasteiger partial charge in [-0.3, -0.25) is 4.79 Å². The molecule has 7 heteroatoms. The van der Waals surface area contributed by atoms with E-state index in [1.165, 1.54) is 0 Å². The summed E-state index contributed by atoms with van der Waals surface area (Å²) < 4.78 is 5.44. The van der Waals surface area contributed by atoms with Crippen LogP contribution in [0.1, 0.15) is 46.9 Å². The fourth-order valence-electron chi connectivity index (χ4n) is 3.67. The Kier molecular flexibility index (Phi) is 4.20. The molecule has 0 bridgehead atoms. The lowest BCUT2D eigenvalue weighted by atomic mass is 9.98. The van der Waals surface area contributed by atoms with Crippen molar-refractivity contribution in [3.05, 3.63) is 23.0 Å². The highest BCUT2D eigenvalue weighted by atomic mass is 16.5. The predicted molar refractivity (Wildman–Crippen MR) is 90.1 cm³/mol. The molecule has 2 saturated heterocycles. The lowest BCUT2D eigenvalue weighted by Crippen LogP contribution is -2.42. The van der Waals surface area contributed by atoms with E-state index < -0.39 is 0 Å².